The van der Waals surface area contributed by atoms with Gasteiger partial charge in [-0.15, -0.1) is 0 Å². The van der Waals surface area contributed by atoms with Crippen molar-refractivity contribution in [2.24, 2.45) is 5.92 Å². The summed E-state index contributed by atoms with van der Waals surface area (Å²) < 4.78 is 11.2. The Balaban J connectivity index is 1.44. The fraction of sp³-hybridized carbons (Fsp3) is 0.556. The van der Waals surface area contributed by atoms with Crippen LogP contribution < -0.4 is 5.32 Å². The first-order valence-corrected chi connectivity index (χ1v) is 8.63. The van der Waals surface area contributed by atoms with Crippen LogP contribution >= 0.6 is 0 Å². The number of nitrogens with one attached hydrogen (secondary N) is 1. The number of hydrogen-bond acceptors (Lipinski definition) is 4. The molecule has 1 aromatic rings. The first kappa shape index (κ1) is 15.6. The predicted octanol–water partition coefficient (Wildman–Crippen LogP) is 1.72. The number of benzene rings is 1. The number of amides is 2. The minimum Gasteiger partial charge on any atom is -0.350 e. The number of piperidine rings is 1. The Morgan fingerprint density at radius 2 is 1.83 bits per heavy atom. The number of carbonyl (C=O) groups is 2. The number of para-hydroxylation sites is 1. The van der Waals surface area contributed by atoms with Gasteiger partial charge in [0.15, 0.2) is 6.29 Å². The number of fused-ring (bicyclic) bond motifs is 1. The summed E-state index contributed by atoms with van der Waals surface area (Å²) in [5.41, 5.74) is 1.68. The van der Waals surface area contributed by atoms with Crippen LogP contribution in [0.3, 0.4) is 0 Å². The number of nitrogens with zero attached hydrogens (tertiary/aromatic N) is 1. The van der Waals surface area contributed by atoms with Crippen LogP contribution in [0, 0.1) is 5.92 Å². The maximum Gasteiger partial charge on any atom is 0.230 e. The average molecular weight is 330 g/mol. The van der Waals surface area contributed by atoms with Crippen LogP contribution in [-0.2, 0) is 19.1 Å². The standard InChI is InChI=1S/C18H22N2O4/c21-16-11-14(13-3-1-2-4-15(13)19-16)17(22)20-7-5-12(6-8-20)18-23-9-10-24-18/h1-4,12,14,18H,5-11H2,(H,19,21). The van der Waals surface area contributed by atoms with Crippen molar-refractivity contribution in [3.63, 3.8) is 0 Å². The molecule has 0 aliphatic carbocycles. The molecule has 3 heterocycles. The minimum absolute atomic E-state index is 0.0593. The van der Waals surface area contributed by atoms with E-state index in [0.717, 1.165) is 24.1 Å². The van der Waals surface area contributed by atoms with E-state index in [1.54, 1.807) is 0 Å². The van der Waals surface area contributed by atoms with Gasteiger partial charge < -0.3 is 19.7 Å². The Morgan fingerprint density at radius 3 is 2.58 bits per heavy atom. The lowest BCUT2D eigenvalue weighted by Crippen LogP contribution is -2.44. The summed E-state index contributed by atoms with van der Waals surface area (Å²) in [7, 11) is 0. The molecule has 1 aromatic carbocycles. The largest absolute Gasteiger partial charge is 0.350 e. The van der Waals surface area contributed by atoms with Crippen molar-refractivity contribution in [2.45, 2.75) is 31.5 Å². The molecule has 2 amide bonds. The van der Waals surface area contributed by atoms with Crippen LogP contribution in [0.4, 0.5) is 5.69 Å². The maximum atomic E-state index is 13.0. The summed E-state index contributed by atoms with van der Waals surface area (Å²) >= 11 is 0. The second-order valence-corrected chi connectivity index (χ2v) is 6.66. The van der Waals surface area contributed by atoms with E-state index in [-0.39, 0.29) is 30.4 Å². The number of ether oxygens (including phenoxy) is 2. The van der Waals surface area contributed by atoms with E-state index in [0.29, 0.717) is 32.2 Å². The Bertz CT molecular complexity index is 634. The topological polar surface area (TPSA) is 67.9 Å². The van der Waals surface area contributed by atoms with Crippen molar-refractivity contribution in [1.82, 2.24) is 4.90 Å². The van der Waals surface area contributed by atoms with Crippen molar-refractivity contribution < 1.29 is 19.1 Å². The van der Waals surface area contributed by atoms with Crippen molar-refractivity contribution in [3.8, 4) is 0 Å². The van der Waals surface area contributed by atoms with Gasteiger partial charge in [0.05, 0.1) is 19.1 Å². The summed E-state index contributed by atoms with van der Waals surface area (Å²) in [6.45, 7) is 2.73. The Morgan fingerprint density at radius 1 is 1.12 bits per heavy atom. The molecule has 6 nitrogen and oxygen atoms in total. The zero-order valence-electron chi connectivity index (χ0n) is 13.6. The van der Waals surface area contributed by atoms with E-state index in [2.05, 4.69) is 5.32 Å². The molecule has 1 atom stereocenters. The number of carbonyl (C=O) groups excluding carboxylic acids is 2. The third-order valence-corrected chi connectivity index (χ3v) is 5.18. The van der Waals surface area contributed by atoms with Crippen LogP contribution in [0.1, 0.15) is 30.7 Å². The van der Waals surface area contributed by atoms with Gasteiger partial charge in [-0.3, -0.25) is 9.59 Å². The molecule has 0 bridgehead atoms. The molecule has 3 aliphatic heterocycles. The number of anilines is 1. The molecule has 0 spiro atoms. The van der Waals surface area contributed by atoms with E-state index in [4.69, 9.17) is 9.47 Å². The van der Waals surface area contributed by atoms with Gasteiger partial charge in [0, 0.05) is 31.1 Å². The number of likely N-dealkylation sites (tertiary alicyclic amines) is 1. The van der Waals surface area contributed by atoms with E-state index in [1.165, 1.54) is 0 Å². The third kappa shape index (κ3) is 2.91. The van der Waals surface area contributed by atoms with Crippen LogP contribution in [-0.4, -0.2) is 49.3 Å². The van der Waals surface area contributed by atoms with Crippen LogP contribution in [0.5, 0.6) is 0 Å². The molecular weight excluding hydrogens is 308 g/mol. The molecule has 1 unspecified atom stereocenters. The molecule has 1 N–H and O–H groups in total. The normalized spacial score (nSPS) is 25.4. The summed E-state index contributed by atoms with van der Waals surface area (Å²) in [6, 6.07) is 7.58. The lowest BCUT2D eigenvalue weighted by molar-refractivity contribution is -0.139. The van der Waals surface area contributed by atoms with Crippen LogP contribution in [0.2, 0.25) is 0 Å². The molecular formula is C18H22N2O4. The molecule has 2 fully saturated rings. The van der Waals surface area contributed by atoms with Gasteiger partial charge in [0.2, 0.25) is 11.8 Å². The molecule has 4 rings (SSSR count). The van der Waals surface area contributed by atoms with E-state index in [9.17, 15) is 9.59 Å². The van der Waals surface area contributed by atoms with Gasteiger partial charge in [0.25, 0.3) is 0 Å². The molecule has 0 saturated carbocycles. The average Bonchev–Trinajstić information content (AvgIpc) is 3.15. The number of rotatable bonds is 2. The van der Waals surface area contributed by atoms with Gasteiger partial charge in [-0.25, -0.2) is 0 Å². The SMILES string of the molecule is O=C1CC(C(=O)N2CCC(C3OCCO3)CC2)c2ccccc2N1. The minimum atomic E-state index is -0.370. The van der Waals surface area contributed by atoms with Crippen LogP contribution in [0.15, 0.2) is 24.3 Å². The zero-order chi connectivity index (χ0) is 16.5. The molecule has 0 radical (unpaired) electrons. The molecule has 3 aliphatic rings. The van der Waals surface area contributed by atoms with Crippen molar-refractivity contribution >= 4 is 17.5 Å². The van der Waals surface area contributed by atoms with Gasteiger partial charge >= 0.3 is 0 Å². The molecule has 24 heavy (non-hydrogen) atoms. The fourth-order valence-electron chi connectivity index (χ4n) is 3.89. The number of hydrogen-bond donors (Lipinski definition) is 1. The quantitative estimate of drug-likeness (QED) is 0.897. The lowest BCUT2D eigenvalue weighted by Gasteiger charge is -2.36. The van der Waals surface area contributed by atoms with E-state index in [1.807, 2.05) is 29.2 Å². The van der Waals surface area contributed by atoms with E-state index < -0.39 is 0 Å². The first-order chi connectivity index (χ1) is 11.7. The predicted molar refractivity (Wildman–Crippen MR) is 87.4 cm³/mol. The highest BCUT2D eigenvalue weighted by atomic mass is 16.7. The molecule has 6 heteroatoms. The van der Waals surface area contributed by atoms with Crippen LogP contribution in [0.25, 0.3) is 0 Å². The second kappa shape index (κ2) is 6.53. The van der Waals surface area contributed by atoms with E-state index >= 15 is 0 Å². The summed E-state index contributed by atoms with van der Waals surface area (Å²) in [6.07, 6.45) is 1.89. The summed E-state index contributed by atoms with van der Waals surface area (Å²) in [5, 5.41) is 2.85. The molecule has 0 aromatic heterocycles. The maximum absolute atomic E-state index is 13.0. The van der Waals surface area contributed by atoms with Gasteiger partial charge in [0.1, 0.15) is 0 Å². The summed E-state index contributed by atoms with van der Waals surface area (Å²) in [5.74, 6) is -0.0392. The Kier molecular flexibility index (Phi) is 4.24. The third-order valence-electron chi connectivity index (χ3n) is 5.18. The van der Waals surface area contributed by atoms with Gasteiger partial charge in [-0.2, -0.15) is 0 Å². The van der Waals surface area contributed by atoms with Crippen molar-refractivity contribution in [2.75, 3.05) is 31.6 Å². The van der Waals surface area contributed by atoms with Crippen molar-refractivity contribution in [1.29, 1.82) is 0 Å². The molecule has 2 saturated heterocycles. The highest BCUT2D eigenvalue weighted by Gasteiger charge is 2.36. The zero-order valence-corrected chi connectivity index (χ0v) is 13.6. The van der Waals surface area contributed by atoms with Gasteiger partial charge in [-0.1, -0.05) is 18.2 Å². The Hall–Kier alpha value is -1.92. The highest BCUT2D eigenvalue weighted by Crippen LogP contribution is 2.35. The highest BCUT2D eigenvalue weighted by molar-refractivity contribution is 6.01. The van der Waals surface area contributed by atoms with Crippen molar-refractivity contribution in [3.05, 3.63) is 29.8 Å². The monoisotopic (exact) mass is 330 g/mol. The molecule has 128 valence electrons. The van der Waals surface area contributed by atoms with Gasteiger partial charge in [-0.05, 0) is 24.5 Å². The summed E-state index contributed by atoms with van der Waals surface area (Å²) in [4.78, 5) is 26.8. The first-order valence-electron chi connectivity index (χ1n) is 8.63. The second-order valence-electron chi connectivity index (χ2n) is 6.66. The fourth-order valence-corrected chi connectivity index (χ4v) is 3.89. The Labute approximate surface area is 141 Å². The lowest BCUT2D eigenvalue weighted by atomic mass is 9.88. The smallest absolute Gasteiger partial charge is 0.230 e.